The van der Waals surface area contributed by atoms with E-state index in [1.165, 1.54) is 26.4 Å². The highest BCUT2D eigenvalue weighted by molar-refractivity contribution is 9.10. The molecule has 29 heavy (non-hydrogen) atoms. The molecule has 2 heterocycles. The molecule has 0 aliphatic heterocycles. The zero-order valence-corrected chi connectivity index (χ0v) is 18.8. The Bertz CT molecular complexity index is 1110. The quantitative estimate of drug-likeness (QED) is 0.537. The van der Waals surface area contributed by atoms with E-state index in [1.807, 2.05) is 18.2 Å². The fraction of sp³-hybridized carbons (Fsp3) is 0.158. The average molecular weight is 496 g/mol. The lowest BCUT2D eigenvalue weighted by atomic mass is 10.2. The Morgan fingerprint density at radius 1 is 1.21 bits per heavy atom. The summed E-state index contributed by atoms with van der Waals surface area (Å²) in [4.78, 5) is 17.2. The molecule has 0 fully saturated rings. The Hall–Kier alpha value is -2.27. The van der Waals surface area contributed by atoms with Gasteiger partial charge in [-0.05, 0) is 36.4 Å². The fourth-order valence-electron chi connectivity index (χ4n) is 2.27. The summed E-state index contributed by atoms with van der Waals surface area (Å²) in [5, 5.41) is 2.76. The Morgan fingerprint density at radius 2 is 2.00 bits per heavy atom. The number of hydrogen-bond donors (Lipinski definition) is 1. The lowest BCUT2D eigenvalue weighted by molar-refractivity contribution is 0.0951. The molecule has 2 aromatic heterocycles. The van der Waals surface area contributed by atoms with Crippen molar-refractivity contribution in [2.75, 3.05) is 14.1 Å². The van der Waals surface area contributed by atoms with Crippen molar-refractivity contribution in [3.8, 4) is 11.6 Å². The first-order chi connectivity index (χ1) is 13.8. The lowest BCUT2D eigenvalue weighted by Crippen LogP contribution is -2.22. The van der Waals surface area contributed by atoms with E-state index in [0.717, 1.165) is 25.0 Å². The second-order valence-corrected chi connectivity index (χ2v) is 10.6. The zero-order valence-electron chi connectivity index (χ0n) is 15.6. The Labute approximate surface area is 181 Å². The third kappa shape index (κ3) is 5.41. The standard InChI is InChI=1S/C19H18BrN3O4S2/c1-23(2)29(25,26)18-9-7-16(28-18)12-22-19(24)13-6-8-17(21-11-13)27-15-5-3-4-14(20)10-15/h3-11H,12H2,1-2H3,(H,22,24). The molecule has 0 aliphatic carbocycles. The van der Waals surface area contributed by atoms with Crippen LogP contribution in [-0.4, -0.2) is 37.7 Å². The molecule has 3 aromatic rings. The number of amides is 1. The van der Waals surface area contributed by atoms with Gasteiger partial charge in [0, 0.05) is 35.7 Å². The second kappa shape index (κ2) is 9.04. The number of thiophene rings is 1. The minimum absolute atomic E-state index is 0.225. The number of nitrogens with one attached hydrogen (secondary N) is 1. The molecule has 10 heteroatoms. The van der Waals surface area contributed by atoms with Crippen LogP contribution < -0.4 is 10.1 Å². The van der Waals surface area contributed by atoms with Crippen LogP contribution in [-0.2, 0) is 16.6 Å². The molecule has 3 rings (SSSR count). The lowest BCUT2D eigenvalue weighted by Gasteiger charge is -2.08. The average Bonchev–Trinajstić information content (AvgIpc) is 3.16. The molecule has 0 saturated carbocycles. The summed E-state index contributed by atoms with van der Waals surface area (Å²) in [6.45, 7) is 0.225. The number of carbonyl (C=O) groups is 1. The number of rotatable bonds is 7. The summed E-state index contributed by atoms with van der Waals surface area (Å²) >= 11 is 4.50. The SMILES string of the molecule is CN(C)S(=O)(=O)c1ccc(CNC(=O)c2ccc(Oc3cccc(Br)c3)nc2)s1. The maximum atomic E-state index is 12.3. The van der Waals surface area contributed by atoms with Gasteiger partial charge in [-0.1, -0.05) is 22.0 Å². The van der Waals surface area contributed by atoms with Gasteiger partial charge in [-0.15, -0.1) is 11.3 Å². The van der Waals surface area contributed by atoms with Crippen molar-refractivity contribution in [1.82, 2.24) is 14.6 Å². The van der Waals surface area contributed by atoms with Crippen LogP contribution in [0.15, 0.2) is 63.4 Å². The van der Waals surface area contributed by atoms with Crippen molar-refractivity contribution in [2.45, 2.75) is 10.8 Å². The molecular weight excluding hydrogens is 478 g/mol. The molecule has 1 aromatic carbocycles. The monoisotopic (exact) mass is 495 g/mol. The predicted molar refractivity (Wildman–Crippen MR) is 115 cm³/mol. The number of nitrogens with zero attached hydrogens (tertiary/aromatic N) is 2. The van der Waals surface area contributed by atoms with Gasteiger partial charge in [0.25, 0.3) is 15.9 Å². The van der Waals surface area contributed by atoms with E-state index >= 15 is 0 Å². The maximum absolute atomic E-state index is 12.3. The minimum atomic E-state index is -3.47. The number of benzene rings is 1. The van der Waals surface area contributed by atoms with Gasteiger partial charge >= 0.3 is 0 Å². The van der Waals surface area contributed by atoms with E-state index in [1.54, 1.807) is 24.3 Å². The molecule has 7 nitrogen and oxygen atoms in total. The molecular formula is C19H18BrN3O4S2. The number of hydrogen-bond acceptors (Lipinski definition) is 6. The minimum Gasteiger partial charge on any atom is -0.439 e. The van der Waals surface area contributed by atoms with Crippen LogP contribution in [0.3, 0.4) is 0 Å². The fourth-order valence-corrected chi connectivity index (χ4v) is 5.11. The van der Waals surface area contributed by atoms with E-state index in [9.17, 15) is 13.2 Å². The van der Waals surface area contributed by atoms with Gasteiger partial charge in [-0.25, -0.2) is 17.7 Å². The third-order valence-electron chi connectivity index (χ3n) is 3.81. The molecule has 152 valence electrons. The summed E-state index contributed by atoms with van der Waals surface area (Å²) < 4.78 is 32.2. The molecule has 0 unspecified atom stereocenters. The molecule has 0 aliphatic rings. The van der Waals surface area contributed by atoms with Crippen molar-refractivity contribution < 1.29 is 17.9 Å². The van der Waals surface area contributed by atoms with Gasteiger partial charge < -0.3 is 10.1 Å². The molecule has 0 atom stereocenters. The van der Waals surface area contributed by atoms with Gasteiger partial charge in [0.05, 0.1) is 12.1 Å². The number of sulfonamides is 1. The summed E-state index contributed by atoms with van der Waals surface area (Å²) in [6, 6.07) is 13.8. The van der Waals surface area contributed by atoms with Crippen LogP contribution in [0, 0.1) is 0 Å². The third-order valence-corrected chi connectivity index (χ3v) is 7.67. The number of carbonyl (C=O) groups excluding carboxylic acids is 1. The number of ether oxygens (including phenoxy) is 1. The van der Waals surface area contributed by atoms with Crippen LogP contribution in [0.5, 0.6) is 11.6 Å². The molecule has 0 spiro atoms. The zero-order chi connectivity index (χ0) is 21.0. The molecule has 0 saturated heterocycles. The van der Waals surface area contributed by atoms with Crippen LogP contribution in [0.25, 0.3) is 0 Å². The summed E-state index contributed by atoms with van der Waals surface area (Å²) in [6.07, 6.45) is 1.43. The smallest absolute Gasteiger partial charge is 0.253 e. The first kappa shape index (κ1) is 21.4. The van der Waals surface area contributed by atoms with E-state index in [0.29, 0.717) is 17.2 Å². The molecule has 0 bridgehead atoms. The number of pyridine rings is 1. The van der Waals surface area contributed by atoms with Crippen LogP contribution in [0.4, 0.5) is 0 Å². The number of aromatic nitrogens is 1. The normalized spacial score (nSPS) is 11.4. The first-order valence-corrected chi connectivity index (χ1v) is 11.5. The highest BCUT2D eigenvalue weighted by Gasteiger charge is 2.19. The van der Waals surface area contributed by atoms with Crippen LogP contribution >= 0.6 is 27.3 Å². The van der Waals surface area contributed by atoms with Gasteiger partial charge in [-0.2, -0.15) is 0 Å². The maximum Gasteiger partial charge on any atom is 0.253 e. The van der Waals surface area contributed by atoms with Crippen molar-refractivity contribution in [3.63, 3.8) is 0 Å². The topological polar surface area (TPSA) is 88.6 Å². The number of halogens is 1. The van der Waals surface area contributed by atoms with Crippen molar-refractivity contribution >= 4 is 43.2 Å². The highest BCUT2D eigenvalue weighted by atomic mass is 79.9. The van der Waals surface area contributed by atoms with Crippen molar-refractivity contribution in [3.05, 3.63) is 69.6 Å². The van der Waals surface area contributed by atoms with E-state index in [2.05, 4.69) is 26.2 Å². The van der Waals surface area contributed by atoms with E-state index in [-0.39, 0.29) is 16.7 Å². The van der Waals surface area contributed by atoms with Crippen molar-refractivity contribution in [2.24, 2.45) is 0 Å². The van der Waals surface area contributed by atoms with Gasteiger partial charge in [0.1, 0.15) is 9.96 Å². The molecule has 0 radical (unpaired) electrons. The largest absolute Gasteiger partial charge is 0.439 e. The predicted octanol–water partition coefficient (Wildman–Crippen LogP) is 3.88. The summed E-state index contributed by atoms with van der Waals surface area (Å²) in [5.41, 5.74) is 0.379. The molecule has 1 N–H and O–H groups in total. The Kier molecular flexibility index (Phi) is 6.68. The van der Waals surface area contributed by atoms with Gasteiger partial charge in [-0.3, -0.25) is 4.79 Å². The summed E-state index contributed by atoms with van der Waals surface area (Å²) in [7, 11) is -0.509. The Morgan fingerprint density at radius 3 is 2.66 bits per heavy atom. The van der Waals surface area contributed by atoms with Crippen LogP contribution in [0.2, 0.25) is 0 Å². The van der Waals surface area contributed by atoms with Gasteiger partial charge in [0.15, 0.2) is 0 Å². The van der Waals surface area contributed by atoms with Crippen LogP contribution in [0.1, 0.15) is 15.2 Å². The summed E-state index contributed by atoms with van der Waals surface area (Å²) in [5.74, 6) is 0.693. The van der Waals surface area contributed by atoms with E-state index < -0.39 is 10.0 Å². The second-order valence-electron chi connectivity index (χ2n) is 6.14. The van der Waals surface area contributed by atoms with E-state index in [4.69, 9.17) is 4.74 Å². The highest BCUT2D eigenvalue weighted by Crippen LogP contribution is 2.24. The Balaban J connectivity index is 1.59. The molecule has 1 amide bonds. The van der Waals surface area contributed by atoms with Gasteiger partial charge in [0.2, 0.25) is 5.88 Å². The van der Waals surface area contributed by atoms with Crippen molar-refractivity contribution in [1.29, 1.82) is 0 Å². The first-order valence-electron chi connectivity index (χ1n) is 8.44.